The summed E-state index contributed by atoms with van der Waals surface area (Å²) in [6, 6.07) is 0.949. The van der Waals surface area contributed by atoms with Gasteiger partial charge in [-0.3, -0.25) is 0 Å². The van der Waals surface area contributed by atoms with Crippen LogP contribution in [-0.4, -0.2) is 14.6 Å². The van der Waals surface area contributed by atoms with Gasteiger partial charge in [-0.2, -0.15) is 26.3 Å². The second-order valence-electron chi connectivity index (χ2n) is 2.62. The second kappa shape index (κ2) is 5.33. The first-order chi connectivity index (χ1) is 8.21. The Hall–Kier alpha value is -1.65. The number of nitrogens with zero attached hydrogens (tertiary/aromatic N) is 3. The van der Waals surface area contributed by atoms with Gasteiger partial charge in [0.2, 0.25) is 6.39 Å². The van der Waals surface area contributed by atoms with Crippen LogP contribution in [0.25, 0.3) is 0 Å². The van der Waals surface area contributed by atoms with Crippen LogP contribution in [0.3, 0.4) is 0 Å². The molecule has 4 nitrogen and oxygen atoms in total. The summed E-state index contributed by atoms with van der Waals surface area (Å²) >= 11 is 0.455. The Balaban J connectivity index is 0.000000180. The summed E-state index contributed by atoms with van der Waals surface area (Å²) in [5, 5.41) is 5.50. The van der Waals surface area contributed by atoms with Crippen LogP contribution in [0.5, 0.6) is 0 Å². The van der Waals surface area contributed by atoms with Gasteiger partial charge in [-0.1, -0.05) is 0 Å². The van der Waals surface area contributed by atoms with E-state index in [4.69, 9.17) is 0 Å². The van der Waals surface area contributed by atoms with E-state index in [0.29, 0.717) is 17.9 Å². The summed E-state index contributed by atoms with van der Waals surface area (Å²) in [6.07, 6.45) is -6.98. The molecule has 0 amide bonds. The van der Waals surface area contributed by atoms with Crippen LogP contribution in [0.1, 0.15) is 10.8 Å². The smallest absolute Gasteiger partial charge is 0.420 e. The van der Waals surface area contributed by atoms with Crippen LogP contribution in [-0.2, 0) is 12.4 Å². The third-order valence-corrected chi connectivity index (χ3v) is 2.11. The molecule has 0 unspecified atom stereocenters. The molecule has 0 atom stereocenters. The van der Waals surface area contributed by atoms with E-state index in [2.05, 4.69) is 19.0 Å². The highest BCUT2D eigenvalue weighted by Crippen LogP contribution is 2.31. The van der Waals surface area contributed by atoms with Gasteiger partial charge in [-0.05, 0) is 17.6 Å². The lowest BCUT2D eigenvalue weighted by atomic mass is 10.5. The van der Waals surface area contributed by atoms with Gasteiger partial charge in [0, 0.05) is 6.20 Å². The average molecular weight is 291 g/mol. The molecule has 0 aliphatic carbocycles. The zero-order chi connectivity index (χ0) is 13.8. The van der Waals surface area contributed by atoms with Gasteiger partial charge in [0.15, 0.2) is 0 Å². The Kier molecular flexibility index (Phi) is 4.27. The quantitative estimate of drug-likeness (QED) is 0.699. The number of aromatic nitrogens is 3. The monoisotopic (exact) mass is 291 g/mol. The minimum Gasteiger partial charge on any atom is -0.420 e. The molecule has 0 aliphatic heterocycles. The van der Waals surface area contributed by atoms with Crippen LogP contribution in [0, 0.1) is 0 Å². The molecule has 0 bridgehead atoms. The lowest BCUT2D eigenvalue weighted by molar-refractivity contribution is -0.157. The molecule has 18 heavy (non-hydrogen) atoms. The lowest BCUT2D eigenvalue weighted by Gasteiger charge is -1.98. The lowest BCUT2D eigenvalue weighted by Crippen LogP contribution is -2.04. The van der Waals surface area contributed by atoms with E-state index in [1.165, 1.54) is 0 Å². The SMILES string of the molecule is FC(F)(F)c1ccns1.FC(F)(F)c1nnco1. The fourth-order valence-electron chi connectivity index (χ4n) is 0.659. The van der Waals surface area contributed by atoms with Gasteiger partial charge in [0.1, 0.15) is 4.88 Å². The standard InChI is InChI=1S/C4H2F3NS.C3HF3N2O/c5-4(6,7)3-1-2-8-9-3;4-3(5,6)2-8-7-1-9-2/h1-2H;1H. The highest BCUT2D eigenvalue weighted by Gasteiger charge is 2.37. The molecule has 11 heteroatoms. The summed E-state index contributed by atoms with van der Waals surface area (Å²) in [7, 11) is 0. The highest BCUT2D eigenvalue weighted by molar-refractivity contribution is 7.05. The van der Waals surface area contributed by atoms with Crippen molar-refractivity contribution in [3.8, 4) is 0 Å². The zero-order valence-corrected chi connectivity index (χ0v) is 8.97. The van der Waals surface area contributed by atoms with Gasteiger partial charge in [-0.15, -0.1) is 10.2 Å². The molecule has 0 N–H and O–H groups in total. The first-order valence-corrected chi connectivity index (χ1v) is 4.80. The third kappa shape index (κ3) is 4.31. The van der Waals surface area contributed by atoms with Crippen LogP contribution >= 0.6 is 11.5 Å². The third-order valence-electron chi connectivity index (χ3n) is 1.32. The summed E-state index contributed by atoms with van der Waals surface area (Å²) in [5.41, 5.74) is 0. The van der Waals surface area contributed by atoms with Gasteiger partial charge >= 0.3 is 18.2 Å². The molecule has 0 aromatic carbocycles. The number of alkyl halides is 6. The second-order valence-corrected chi connectivity index (χ2v) is 3.45. The zero-order valence-electron chi connectivity index (χ0n) is 8.16. The molecule has 0 radical (unpaired) electrons. The van der Waals surface area contributed by atoms with Crippen molar-refractivity contribution in [2.75, 3.05) is 0 Å². The van der Waals surface area contributed by atoms with Gasteiger partial charge in [0.25, 0.3) is 0 Å². The fraction of sp³-hybridized carbons (Fsp3) is 0.286. The molecule has 100 valence electrons. The number of halogens is 6. The Morgan fingerprint density at radius 1 is 1.06 bits per heavy atom. The summed E-state index contributed by atoms with van der Waals surface area (Å²) in [4.78, 5) is -0.650. The minimum atomic E-state index is -4.52. The van der Waals surface area contributed by atoms with E-state index < -0.39 is 23.1 Å². The number of rotatable bonds is 0. The Morgan fingerprint density at radius 3 is 1.94 bits per heavy atom. The predicted molar refractivity (Wildman–Crippen MR) is 46.4 cm³/mol. The predicted octanol–water partition coefficient (Wildman–Crippen LogP) is 3.25. The largest absolute Gasteiger partial charge is 0.470 e. The number of hydrogen-bond acceptors (Lipinski definition) is 5. The van der Waals surface area contributed by atoms with E-state index in [9.17, 15) is 26.3 Å². The minimum absolute atomic E-state index is 0.455. The van der Waals surface area contributed by atoms with E-state index in [-0.39, 0.29) is 0 Å². The topological polar surface area (TPSA) is 51.8 Å². The van der Waals surface area contributed by atoms with Crippen LogP contribution in [0.15, 0.2) is 23.1 Å². The van der Waals surface area contributed by atoms with Crippen molar-refractivity contribution in [1.29, 1.82) is 0 Å². The van der Waals surface area contributed by atoms with Gasteiger partial charge in [-0.25, -0.2) is 4.37 Å². The summed E-state index contributed by atoms with van der Waals surface area (Å²) in [6.45, 7) is 0. The molecule has 0 fully saturated rings. The molecule has 0 spiro atoms. The Morgan fingerprint density at radius 2 is 1.72 bits per heavy atom. The molecule has 2 heterocycles. The normalized spacial score (nSPS) is 11.9. The van der Waals surface area contributed by atoms with Crippen molar-refractivity contribution < 1.29 is 30.8 Å². The molecule has 2 aromatic heterocycles. The Bertz CT molecular complexity index is 404. The highest BCUT2D eigenvalue weighted by atomic mass is 32.1. The molecule has 2 rings (SSSR count). The molecule has 0 saturated carbocycles. The maximum Gasteiger partial charge on any atom is 0.470 e. The van der Waals surface area contributed by atoms with E-state index >= 15 is 0 Å². The molecule has 0 aliphatic rings. The van der Waals surface area contributed by atoms with Crippen LogP contribution in [0.2, 0.25) is 0 Å². The summed E-state index contributed by atoms with van der Waals surface area (Å²) in [5.74, 6) is -1.32. The molecule has 2 aromatic rings. The molecular formula is C7H3F6N3OS. The van der Waals surface area contributed by atoms with E-state index in [1.54, 1.807) is 0 Å². The Labute approximate surface area is 99.4 Å². The van der Waals surface area contributed by atoms with Crippen molar-refractivity contribution in [3.63, 3.8) is 0 Å². The van der Waals surface area contributed by atoms with E-state index in [0.717, 1.165) is 12.3 Å². The van der Waals surface area contributed by atoms with Crippen LogP contribution < -0.4 is 0 Å². The maximum absolute atomic E-state index is 11.6. The molecule has 0 saturated heterocycles. The average Bonchev–Trinajstić information content (AvgIpc) is 2.91. The maximum atomic E-state index is 11.6. The number of hydrogen-bond donors (Lipinski definition) is 0. The summed E-state index contributed by atoms with van der Waals surface area (Å²) < 4.78 is 76.2. The van der Waals surface area contributed by atoms with Crippen LogP contribution in [0.4, 0.5) is 26.3 Å². The first kappa shape index (κ1) is 14.4. The van der Waals surface area contributed by atoms with Crippen molar-refractivity contribution in [1.82, 2.24) is 14.6 Å². The van der Waals surface area contributed by atoms with Crippen molar-refractivity contribution in [2.24, 2.45) is 0 Å². The van der Waals surface area contributed by atoms with Crippen molar-refractivity contribution >= 4 is 11.5 Å². The molecular weight excluding hydrogens is 288 g/mol. The van der Waals surface area contributed by atoms with Crippen molar-refractivity contribution in [2.45, 2.75) is 12.4 Å². The fourth-order valence-corrected chi connectivity index (χ4v) is 1.12. The van der Waals surface area contributed by atoms with Crippen molar-refractivity contribution in [3.05, 3.63) is 29.4 Å². The van der Waals surface area contributed by atoms with E-state index in [1.807, 2.05) is 0 Å². The van der Waals surface area contributed by atoms with Gasteiger partial charge in [0.05, 0.1) is 0 Å². The first-order valence-electron chi connectivity index (χ1n) is 4.02. The van der Waals surface area contributed by atoms with Gasteiger partial charge < -0.3 is 4.42 Å².